The zero-order chi connectivity index (χ0) is 14.5. The van der Waals surface area contributed by atoms with Crippen molar-refractivity contribution in [1.82, 2.24) is 9.97 Å². The number of aromatic nitrogens is 2. The van der Waals surface area contributed by atoms with Gasteiger partial charge in [-0.1, -0.05) is 13.3 Å². The molecule has 0 aliphatic rings. The monoisotopic (exact) mass is 275 g/mol. The lowest BCUT2D eigenvalue weighted by Crippen LogP contribution is -2.11. The Hall–Kier alpha value is -2.01. The van der Waals surface area contributed by atoms with Crippen molar-refractivity contribution >= 4 is 0 Å². The van der Waals surface area contributed by atoms with Gasteiger partial charge < -0.3 is 20.2 Å². The Labute approximate surface area is 119 Å². The molecule has 2 rings (SSSR count). The van der Waals surface area contributed by atoms with Gasteiger partial charge in [0.05, 0.1) is 32.2 Å². The van der Waals surface area contributed by atoms with Crippen LogP contribution in [0, 0.1) is 0 Å². The van der Waals surface area contributed by atoms with E-state index in [0.717, 1.165) is 41.4 Å². The van der Waals surface area contributed by atoms with Crippen molar-refractivity contribution in [3.63, 3.8) is 0 Å². The van der Waals surface area contributed by atoms with Crippen LogP contribution in [0.2, 0.25) is 0 Å². The average Bonchev–Trinajstić information content (AvgIpc) is 2.96. The van der Waals surface area contributed by atoms with Crippen LogP contribution in [0.25, 0.3) is 11.3 Å². The van der Waals surface area contributed by atoms with Crippen LogP contribution < -0.4 is 15.2 Å². The van der Waals surface area contributed by atoms with E-state index in [1.54, 1.807) is 20.4 Å². The maximum absolute atomic E-state index is 6.07. The first-order valence-corrected chi connectivity index (χ1v) is 6.72. The first-order valence-electron chi connectivity index (χ1n) is 6.72. The van der Waals surface area contributed by atoms with E-state index >= 15 is 0 Å². The molecule has 1 aromatic carbocycles. The number of H-pyrrole nitrogens is 1. The van der Waals surface area contributed by atoms with E-state index in [9.17, 15) is 0 Å². The second kappa shape index (κ2) is 6.43. The van der Waals surface area contributed by atoms with E-state index in [2.05, 4.69) is 16.9 Å². The molecule has 1 unspecified atom stereocenters. The number of rotatable bonds is 6. The van der Waals surface area contributed by atoms with Crippen molar-refractivity contribution < 1.29 is 9.47 Å². The first-order chi connectivity index (χ1) is 9.69. The molecule has 108 valence electrons. The maximum atomic E-state index is 6.07. The summed E-state index contributed by atoms with van der Waals surface area (Å²) in [6.07, 6.45) is 3.71. The van der Waals surface area contributed by atoms with Crippen LogP contribution in [0.5, 0.6) is 11.5 Å². The molecule has 2 aromatic rings. The lowest BCUT2D eigenvalue weighted by molar-refractivity contribution is 0.404. The minimum atomic E-state index is -0.0645. The summed E-state index contributed by atoms with van der Waals surface area (Å²) in [6, 6.07) is 5.59. The lowest BCUT2D eigenvalue weighted by atomic mass is 10.1. The number of nitrogens with one attached hydrogen (secondary N) is 1. The van der Waals surface area contributed by atoms with Crippen LogP contribution in [-0.2, 0) is 0 Å². The van der Waals surface area contributed by atoms with Crippen LogP contribution in [0.15, 0.2) is 24.4 Å². The highest BCUT2D eigenvalue weighted by Crippen LogP contribution is 2.32. The second-order valence-corrected chi connectivity index (χ2v) is 4.64. The summed E-state index contributed by atoms with van der Waals surface area (Å²) in [6.45, 7) is 2.11. The van der Waals surface area contributed by atoms with Gasteiger partial charge in [-0.2, -0.15) is 0 Å². The van der Waals surface area contributed by atoms with Crippen LogP contribution in [0.1, 0.15) is 31.6 Å². The molecule has 0 bridgehead atoms. The summed E-state index contributed by atoms with van der Waals surface area (Å²) in [4.78, 5) is 7.63. The van der Waals surface area contributed by atoms with Gasteiger partial charge in [0.25, 0.3) is 0 Å². The van der Waals surface area contributed by atoms with Crippen molar-refractivity contribution in [1.29, 1.82) is 0 Å². The fourth-order valence-electron chi connectivity index (χ4n) is 2.13. The zero-order valence-electron chi connectivity index (χ0n) is 12.1. The molecule has 0 spiro atoms. The molecule has 1 atom stereocenters. The number of imidazole rings is 1. The molecular formula is C15H21N3O2. The van der Waals surface area contributed by atoms with Crippen LogP contribution in [-0.4, -0.2) is 24.2 Å². The first kappa shape index (κ1) is 14.4. The summed E-state index contributed by atoms with van der Waals surface area (Å²) >= 11 is 0. The molecule has 0 saturated carbocycles. The van der Waals surface area contributed by atoms with Gasteiger partial charge in [-0.25, -0.2) is 4.98 Å². The third-order valence-electron chi connectivity index (χ3n) is 3.24. The predicted octanol–water partition coefficient (Wildman–Crippen LogP) is 2.89. The molecule has 1 aromatic heterocycles. The highest BCUT2D eigenvalue weighted by Gasteiger charge is 2.13. The summed E-state index contributed by atoms with van der Waals surface area (Å²) in [7, 11) is 3.28. The van der Waals surface area contributed by atoms with Crippen molar-refractivity contribution in [2.75, 3.05) is 14.2 Å². The van der Waals surface area contributed by atoms with Gasteiger partial charge in [-0.3, -0.25) is 0 Å². The highest BCUT2D eigenvalue weighted by molar-refractivity contribution is 5.68. The molecule has 1 heterocycles. The Kier molecular flexibility index (Phi) is 4.63. The molecule has 0 amide bonds. The van der Waals surface area contributed by atoms with Crippen LogP contribution in [0.4, 0.5) is 0 Å². The number of methoxy groups -OCH3 is 2. The summed E-state index contributed by atoms with van der Waals surface area (Å²) < 4.78 is 10.6. The summed E-state index contributed by atoms with van der Waals surface area (Å²) in [5.41, 5.74) is 7.86. The Morgan fingerprint density at radius 3 is 2.75 bits per heavy atom. The van der Waals surface area contributed by atoms with E-state index in [1.807, 2.05) is 18.2 Å². The van der Waals surface area contributed by atoms with Gasteiger partial charge in [0, 0.05) is 5.56 Å². The highest BCUT2D eigenvalue weighted by atomic mass is 16.5. The number of ether oxygens (including phenoxy) is 2. The smallest absolute Gasteiger partial charge is 0.128 e. The average molecular weight is 275 g/mol. The normalized spacial score (nSPS) is 12.2. The van der Waals surface area contributed by atoms with Crippen LogP contribution in [0.3, 0.4) is 0 Å². The number of hydrogen-bond donors (Lipinski definition) is 2. The molecule has 5 heteroatoms. The van der Waals surface area contributed by atoms with Gasteiger partial charge >= 0.3 is 0 Å². The van der Waals surface area contributed by atoms with Crippen molar-refractivity contribution in [3.8, 4) is 22.8 Å². The van der Waals surface area contributed by atoms with Gasteiger partial charge in [0.1, 0.15) is 17.3 Å². The number of nitrogens with zero attached hydrogens (tertiary/aromatic N) is 1. The van der Waals surface area contributed by atoms with E-state index < -0.39 is 0 Å². The molecule has 0 fully saturated rings. The fourth-order valence-corrected chi connectivity index (χ4v) is 2.13. The number of benzene rings is 1. The van der Waals surface area contributed by atoms with Crippen LogP contribution >= 0.6 is 0 Å². The Morgan fingerprint density at radius 1 is 1.30 bits per heavy atom. The summed E-state index contributed by atoms with van der Waals surface area (Å²) in [5, 5.41) is 0. The predicted molar refractivity (Wildman–Crippen MR) is 79.0 cm³/mol. The minimum Gasteiger partial charge on any atom is -0.497 e. The van der Waals surface area contributed by atoms with Crippen molar-refractivity contribution in [2.24, 2.45) is 5.73 Å². The quantitative estimate of drug-likeness (QED) is 0.850. The van der Waals surface area contributed by atoms with Gasteiger partial charge in [0.2, 0.25) is 0 Å². The molecule has 0 aliphatic carbocycles. The number of hydrogen-bond acceptors (Lipinski definition) is 4. The number of aromatic amines is 1. The molecule has 0 saturated heterocycles. The van der Waals surface area contributed by atoms with Gasteiger partial charge in [-0.15, -0.1) is 0 Å². The standard InChI is InChI=1S/C15H21N3O2/c1-4-5-12(16)15-17-9-13(18-15)11-8-10(19-2)6-7-14(11)20-3/h6-9,12H,4-5,16H2,1-3H3,(H,17,18). The fraction of sp³-hybridized carbons (Fsp3) is 0.400. The lowest BCUT2D eigenvalue weighted by Gasteiger charge is -2.09. The minimum absolute atomic E-state index is 0.0645. The molecule has 20 heavy (non-hydrogen) atoms. The molecule has 3 N–H and O–H groups in total. The molecule has 0 radical (unpaired) electrons. The van der Waals surface area contributed by atoms with E-state index in [-0.39, 0.29) is 6.04 Å². The van der Waals surface area contributed by atoms with Gasteiger partial charge in [-0.05, 0) is 24.6 Å². The molecule has 5 nitrogen and oxygen atoms in total. The van der Waals surface area contributed by atoms with E-state index in [1.165, 1.54) is 0 Å². The molecule has 0 aliphatic heterocycles. The third kappa shape index (κ3) is 2.93. The largest absolute Gasteiger partial charge is 0.497 e. The number of nitrogens with two attached hydrogens (primary N) is 1. The SMILES string of the molecule is CCCC(N)c1ncc(-c2cc(OC)ccc2OC)[nH]1. The third-order valence-corrected chi connectivity index (χ3v) is 3.24. The zero-order valence-corrected chi connectivity index (χ0v) is 12.1. The van der Waals surface area contributed by atoms with E-state index in [4.69, 9.17) is 15.2 Å². The van der Waals surface area contributed by atoms with Crippen molar-refractivity contribution in [2.45, 2.75) is 25.8 Å². The van der Waals surface area contributed by atoms with E-state index in [0.29, 0.717) is 0 Å². The topological polar surface area (TPSA) is 73.2 Å². The molecular weight excluding hydrogens is 254 g/mol. The van der Waals surface area contributed by atoms with Crippen molar-refractivity contribution in [3.05, 3.63) is 30.2 Å². The Morgan fingerprint density at radius 2 is 2.10 bits per heavy atom. The Balaban J connectivity index is 2.35. The second-order valence-electron chi connectivity index (χ2n) is 4.64. The maximum Gasteiger partial charge on any atom is 0.128 e. The Bertz CT molecular complexity index is 566. The summed E-state index contributed by atoms with van der Waals surface area (Å²) in [5.74, 6) is 2.34. The van der Waals surface area contributed by atoms with Gasteiger partial charge in [0.15, 0.2) is 0 Å².